The molecule has 2 heterocycles. The number of fused-ring (bicyclic) bond motifs is 1. The Morgan fingerprint density at radius 3 is 2.33 bits per heavy atom. The van der Waals surface area contributed by atoms with Crippen LogP contribution in [-0.2, 0) is 12.8 Å². The standard InChI is InChI=1S/C25H27N3OS/c1-18-26-21(17-30-18)13-6-4-3-5-10-19-11-9-12-20(16-19)24-25(29-2)28-23-15-8-7-14-22(23)27-24/h7-9,11-12,14-17H,3-6,10,13H2,1-2H3. The van der Waals surface area contributed by atoms with Gasteiger partial charge in [-0.2, -0.15) is 0 Å². The van der Waals surface area contributed by atoms with Crippen LogP contribution in [0.4, 0.5) is 0 Å². The van der Waals surface area contributed by atoms with Crippen LogP contribution in [0.15, 0.2) is 53.9 Å². The third-order valence-corrected chi connectivity index (χ3v) is 6.07. The summed E-state index contributed by atoms with van der Waals surface area (Å²) in [4.78, 5) is 14.0. The number of aromatic nitrogens is 3. The monoisotopic (exact) mass is 417 g/mol. The lowest BCUT2D eigenvalue weighted by Gasteiger charge is -2.10. The Morgan fingerprint density at radius 2 is 1.60 bits per heavy atom. The number of para-hydroxylation sites is 2. The van der Waals surface area contributed by atoms with Crippen molar-refractivity contribution in [2.45, 2.75) is 45.4 Å². The second kappa shape index (κ2) is 9.81. The molecule has 0 aliphatic carbocycles. The molecule has 0 saturated carbocycles. The maximum absolute atomic E-state index is 5.53. The largest absolute Gasteiger partial charge is 0.479 e. The number of methoxy groups -OCH3 is 1. The van der Waals surface area contributed by atoms with E-state index in [9.17, 15) is 0 Å². The van der Waals surface area contributed by atoms with Gasteiger partial charge in [-0.25, -0.2) is 15.0 Å². The first-order chi connectivity index (χ1) is 14.7. The van der Waals surface area contributed by atoms with Crippen molar-refractivity contribution >= 4 is 22.4 Å². The van der Waals surface area contributed by atoms with Gasteiger partial charge in [0.1, 0.15) is 5.69 Å². The highest BCUT2D eigenvalue weighted by molar-refractivity contribution is 7.09. The highest BCUT2D eigenvalue weighted by Crippen LogP contribution is 2.29. The third-order valence-electron chi connectivity index (χ3n) is 5.25. The summed E-state index contributed by atoms with van der Waals surface area (Å²) in [5.41, 5.74) is 6.17. The zero-order valence-electron chi connectivity index (χ0n) is 17.6. The lowest BCUT2D eigenvalue weighted by Crippen LogP contribution is -1.97. The van der Waals surface area contributed by atoms with E-state index in [0.29, 0.717) is 5.88 Å². The van der Waals surface area contributed by atoms with Gasteiger partial charge in [0.25, 0.3) is 0 Å². The molecule has 4 nitrogen and oxygen atoms in total. The first-order valence-electron chi connectivity index (χ1n) is 10.5. The quantitative estimate of drug-likeness (QED) is 0.295. The molecule has 0 unspecified atom stereocenters. The van der Waals surface area contributed by atoms with Gasteiger partial charge >= 0.3 is 0 Å². The van der Waals surface area contributed by atoms with E-state index in [4.69, 9.17) is 9.72 Å². The predicted octanol–water partition coefficient (Wildman–Crippen LogP) is 6.42. The summed E-state index contributed by atoms with van der Waals surface area (Å²) in [6, 6.07) is 16.5. The van der Waals surface area contributed by atoms with E-state index in [0.717, 1.165) is 40.1 Å². The van der Waals surface area contributed by atoms with Crippen molar-refractivity contribution in [3.63, 3.8) is 0 Å². The van der Waals surface area contributed by atoms with Crippen molar-refractivity contribution in [1.82, 2.24) is 15.0 Å². The third kappa shape index (κ3) is 5.03. The van der Waals surface area contributed by atoms with E-state index in [2.05, 4.69) is 46.5 Å². The highest BCUT2D eigenvalue weighted by atomic mass is 32.1. The van der Waals surface area contributed by atoms with Gasteiger partial charge in [-0.3, -0.25) is 0 Å². The minimum absolute atomic E-state index is 0.572. The minimum Gasteiger partial charge on any atom is -0.479 e. The lowest BCUT2D eigenvalue weighted by atomic mass is 10.0. The summed E-state index contributed by atoms with van der Waals surface area (Å²) in [7, 11) is 1.65. The fraction of sp³-hybridized carbons (Fsp3) is 0.320. The summed E-state index contributed by atoms with van der Waals surface area (Å²) < 4.78 is 5.53. The van der Waals surface area contributed by atoms with E-state index in [-0.39, 0.29) is 0 Å². The fourth-order valence-electron chi connectivity index (χ4n) is 3.70. The molecule has 0 saturated heterocycles. The van der Waals surface area contributed by atoms with Crippen LogP contribution >= 0.6 is 11.3 Å². The smallest absolute Gasteiger partial charge is 0.240 e. The molecule has 0 N–H and O–H groups in total. The van der Waals surface area contributed by atoms with E-state index >= 15 is 0 Å². The molecule has 0 fully saturated rings. The Labute approximate surface area is 182 Å². The molecule has 0 radical (unpaired) electrons. The van der Waals surface area contributed by atoms with Gasteiger partial charge in [-0.15, -0.1) is 11.3 Å². The van der Waals surface area contributed by atoms with Crippen molar-refractivity contribution in [1.29, 1.82) is 0 Å². The van der Waals surface area contributed by atoms with Gasteiger partial charge in [0, 0.05) is 10.9 Å². The number of hydrogen-bond donors (Lipinski definition) is 0. The number of thiazole rings is 1. The second-order valence-corrected chi connectivity index (χ2v) is 8.60. The van der Waals surface area contributed by atoms with Crippen LogP contribution in [0.25, 0.3) is 22.3 Å². The van der Waals surface area contributed by atoms with Crippen LogP contribution in [0.2, 0.25) is 0 Å². The van der Waals surface area contributed by atoms with Gasteiger partial charge in [0.15, 0.2) is 0 Å². The van der Waals surface area contributed by atoms with Crippen LogP contribution in [0, 0.1) is 6.92 Å². The average molecular weight is 418 g/mol. The van der Waals surface area contributed by atoms with Crippen molar-refractivity contribution in [2.24, 2.45) is 0 Å². The molecule has 0 bridgehead atoms. The number of unbranched alkanes of at least 4 members (excludes halogenated alkanes) is 3. The molecule has 2 aromatic heterocycles. The summed E-state index contributed by atoms with van der Waals surface area (Å²) in [5.74, 6) is 0.572. The molecule has 30 heavy (non-hydrogen) atoms. The molecule has 5 heteroatoms. The van der Waals surface area contributed by atoms with Crippen molar-refractivity contribution < 1.29 is 4.74 Å². The molecule has 0 spiro atoms. The maximum Gasteiger partial charge on any atom is 0.240 e. The molecule has 4 aromatic rings. The van der Waals surface area contributed by atoms with Gasteiger partial charge in [0.2, 0.25) is 5.88 Å². The average Bonchev–Trinajstić information content (AvgIpc) is 3.20. The molecule has 0 amide bonds. The van der Waals surface area contributed by atoms with Gasteiger partial charge in [-0.1, -0.05) is 43.2 Å². The SMILES string of the molecule is COc1nc2ccccc2nc1-c1cccc(CCCCCCc2csc(C)n2)c1. The van der Waals surface area contributed by atoms with Crippen molar-refractivity contribution in [3.8, 4) is 17.1 Å². The van der Waals surface area contributed by atoms with Crippen LogP contribution in [0.1, 0.15) is 41.9 Å². The van der Waals surface area contributed by atoms with Crippen molar-refractivity contribution in [3.05, 3.63) is 70.2 Å². The molecular weight excluding hydrogens is 390 g/mol. The molecular formula is C25H27N3OS. The van der Waals surface area contributed by atoms with Crippen LogP contribution in [0.5, 0.6) is 5.88 Å². The summed E-state index contributed by atoms with van der Waals surface area (Å²) in [6.07, 6.45) is 7.08. The number of ether oxygens (including phenoxy) is 1. The van der Waals surface area contributed by atoms with Crippen molar-refractivity contribution in [2.75, 3.05) is 7.11 Å². The van der Waals surface area contributed by atoms with E-state index in [1.807, 2.05) is 24.3 Å². The molecule has 0 aliphatic rings. The zero-order chi connectivity index (χ0) is 20.8. The number of benzene rings is 2. The minimum atomic E-state index is 0.572. The van der Waals surface area contributed by atoms with E-state index in [1.165, 1.54) is 36.9 Å². The number of aryl methyl sites for hydroxylation is 3. The maximum atomic E-state index is 5.53. The number of rotatable bonds is 9. The highest BCUT2D eigenvalue weighted by Gasteiger charge is 2.12. The van der Waals surface area contributed by atoms with Gasteiger partial charge in [0.05, 0.1) is 28.8 Å². The number of nitrogens with zero attached hydrogens (tertiary/aromatic N) is 3. The zero-order valence-corrected chi connectivity index (χ0v) is 18.4. The first kappa shape index (κ1) is 20.5. The Bertz CT molecular complexity index is 1120. The van der Waals surface area contributed by atoms with Crippen LogP contribution < -0.4 is 4.74 Å². The lowest BCUT2D eigenvalue weighted by molar-refractivity contribution is 0.400. The van der Waals surface area contributed by atoms with Gasteiger partial charge < -0.3 is 4.74 Å². The summed E-state index contributed by atoms with van der Waals surface area (Å²) in [5, 5.41) is 3.35. The normalized spacial score (nSPS) is 11.1. The van der Waals surface area contributed by atoms with E-state index < -0.39 is 0 Å². The molecule has 0 aliphatic heterocycles. The Hall–Kier alpha value is -2.79. The van der Waals surface area contributed by atoms with Gasteiger partial charge in [-0.05, 0) is 56.4 Å². The second-order valence-electron chi connectivity index (χ2n) is 7.54. The Balaban J connectivity index is 1.36. The predicted molar refractivity (Wildman–Crippen MR) is 124 cm³/mol. The van der Waals surface area contributed by atoms with E-state index in [1.54, 1.807) is 18.4 Å². The number of hydrogen-bond acceptors (Lipinski definition) is 5. The molecule has 4 rings (SSSR count). The summed E-state index contributed by atoms with van der Waals surface area (Å²) in [6.45, 7) is 2.07. The first-order valence-corrected chi connectivity index (χ1v) is 11.4. The molecule has 0 atom stereocenters. The Kier molecular flexibility index (Phi) is 6.70. The van der Waals surface area contributed by atoms with Crippen LogP contribution in [0.3, 0.4) is 0 Å². The molecule has 2 aromatic carbocycles. The van der Waals surface area contributed by atoms with Crippen LogP contribution in [-0.4, -0.2) is 22.1 Å². The fourth-order valence-corrected chi connectivity index (χ4v) is 4.35. The molecule has 154 valence electrons. The topological polar surface area (TPSA) is 47.9 Å². The summed E-state index contributed by atoms with van der Waals surface area (Å²) >= 11 is 1.74. The Morgan fingerprint density at radius 1 is 0.833 bits per heavy atom.